The summed E-state index contributed by atoms with van der Waals surface area (Å²) in [5.41, 5.74) is 6.02. The van der Waals surface area contributed by atoms with Crippen LogP contribution in [0, 0.1) is 6.92 Å². The zero-order valence-electron chi connectivity index (χ0n) is 11.5. The number of hydrogen-bond donors (Lipinski definition) is 2. The minimum atomic E-state index is -4.47. The van der Waals surface area contributed by atoms with Crippen molar-refractivity contribution in [2.24, 2.45) is 0 Å². The summed E-state index contributed by atoms with van der Waals surface area (Å²) in [5.74, 6) is 0.529. The van der Waals surface area contributed by atoms with Gasteiger partial charge in [0, 0.05) is 5.69 Å². The number of benzene rings is 1. The van der Waals surface area contributed by atoms with Crippen LogP contribution < -0.4 is 15.8 Å². The van der Waals surface area contributed by atoms with E-state index in [-0.39, 0.29) is 11.6 Å². The molecule has 2 rings (SSSR count). The van der Waals surface area contributed by atoms with Crippen LogP contribution in [-0.4, -0.2) is 12.1 Å². The monoisotopic (exact) mass is 297 g/mol. The normalized spacial score (nSPS) is 11.3. The molecule has 0 aliphatic carbocycles. The standard InChI is InChI=1S/C14H14F3N3O/c1-8-5-10(3-4-11(8)21-2)19-13-7-9(14(15,16)17)6-12(18)20-13/h3-7H,1-2H3,(H3,18,19,20). The molecule has 1 aromatic heterocycles. The van der Waals surface area contributed by atoms with Gasteiger partial charge in [0.1, 0.15) is 17.4 Å². The summed E-state index contributed by atoms with van der Waals surface area (Å²) in [6, 6.07) is 6.86. The highest BCUT2D eigenvalue weighted by molar-refractivity contribution is 5.61. The molecule has 0 saturated heterocycles. The highest BCUT2D eigenvalue weighted by atomic mass is 19.4. The Morgan fingerprint density at radius 1 is 1.19 bits per heavy atom. The molecule has 3 N–H and O–H groups in total. The number of rotatable bonds is 3. The van der Waals surface area contributed by atoms with E-state index in [9.17, 15) is 13.2 Å². The lowest BCUT2D eigenvalue weighted by atomic mass is 10.2. The Morgan fingerprint density at radius 3 is 2.48 bits per heavy atom. The van der Waals surface area contributed by atoms with Gasteiger partial charge in [0.25, 0.3) is 0 Å². The fraction of sp³-hybridized carbons (Fsp3) is 0.214. The number of anilines is 3. The number of nitrogens with two attached hydrogens (primary N) is 1. The number of pyridine rings is 1. The highest BCUT2D eigenvalue weighted by Gasteiger charge is 2.31. The third-order valence-corrected chi connectivity index (χ3v) is 2.84. The Kier molecular flexibility index (Phi) is 3.93. The fourth-order valence-electron chi connectivity index (χ4n) is 1.88. The smallest absolute Gasteiger partial charge is 0.416 e. The molecule has 0 radical (unpaired) electrons. The SMILES string of the molecule is COc1ccc(Nc2cc(C(F)(F)F)cc(N)n2)cc1C. The van der Waals surface area contributed by atoms with Crippen LogP contribution in [0.1, 0.15) is 11.1 Å². The maximum absolute atomic E-state index is 12.7. The van der Waals surface area contributed by atoms with E-state index in [2.05, 4.69) is 10.3 Å². The summed E-state index contributed by atoms with van der Waals surface area (Å²) < 4.78 is 43.3. The molecule has 21 heavy (non-hydrogen) atoms. The lowest BCUT2D eigenvalue weighted by Crippen LogP contribution is -2.08. The quantitative estimate of drug-likeness (QED) is 0.906. The molecule has 0 saturated carbocycles. The van der Waals surface area contributed by atoms with Gasteiger partial charge in [-0.05, 0) is 42.8 Å². The van der Waals surface area contributed by atoms with E-state index in [1.54, 1.807) is 25.3 Å². The van der Waals surface area contributed by atoms with Crippen LogP contribution in [0.2, 0.25) is 0 Å². The zero-order chi connectivity index (χ0) is 15.6. The number of nitrogens with zero attached hydrogens (tertiary/aromatic N) is 1. The molecule has 7 heteroatoms. The van der Waals surface area contributed by atoms with Crippen molar-refractivity contribution in [3.63, 3.8) is 0 Å². The number of aromatic nitrogens is 1. The van der Waals surface area contributed by atoms with Crippen LogP contribution >= 0.6 is 0 Å². The first-order valence-electron chi connectivity index (χ1n) is 6.06. The topological polar surface area (TPSA) is 60.2 Å². The van der Waals surface area contributed by atoms with Crippen LogP contribution in [0.4, 0.5) is 30.5 Å². The molecule has 1 heterocycles. The molecule has 0 bridgehead atoms. The molecule has 1 aromatic carbocycles. The van der Waals surface area contributed by atoms with Crippen LogP contribution in [0.15, 0.2) is 30.3 Å². The minimum Gasteiger partial charge on any atom is -0.496 e. The van der Waals surface area contributed by atoms with Gasteiger partial charge < -0.3 is 15.8 Å². The summed E-state index contributed by atoms with van der Waals surface area (Å²) in [5, 5.41) is 2.80. The maximum atomic E-state index is 12.7. The van der Waals surface area contributed by atoms with E-state index < -0.39 is 11.7 Å². The van der Waals surface area contributed by atoms with Gasteiger partial charge in [-0.15, -0.1) is 0 Å². The first-order valence-corrected chi connectivity index (χ1v) is 6.06. The van der Waals surface area contributed by atoms with Gasteiger partial charge in [-0.2, -0.15) is 13.2 Å². The van der Waals surface area contributed by atoms with E-state index in [4.69, 9.17) is 10.5 Å². The lowest BCUT2D eigenvalue weighted by Gasteiger charge is -2.12. The maximum Gasteiger partial charge on any atom is 0.416 e. The predicted molar refractivity (Wildman–Crippen MR) is 74.7 cm³/mol. The second kappa shape index (κ2) is 5.51. The van der Waals surface area contributed by atoms with Gasteiger partial charge in [0.2, 0.25) is 0 Å². The van der Waals surface area contributed by atoms with Gasteiger partial charge in [-0.3, -0.25) is 0 Å². The third-order valence-electron chi connectivity index (χ3n) is 2.84. The van der Waals surface area contributed by atoms with Gasteiger partial charge >= 0.3 is 6.18 Å². The Hall–Kier alpha value is -2.44. The molecular weight excluding hydrogens is 283 g/mol. The molecule has 2 aromatic rings. The Balaban J connectivity index is 2.31. The number of alkyl halides is 3. The molecule has 112 valence electrons. The molecule has 0 aliphatic heterocycles. The van der Waals surface area contributed by atoms with Crippen molar-refractivity contribution in [3.8, 4) is 5.75 Å². The number of methoxy groups -OCH3 is 1. The van der Waals surface area contributed by atoms with Gasteiger partial charge in [0.15, 0.2) is 0 Å². The summed E-state index contributed by atoms with van der Waals surface area (Å²) >= 11 is 0. The van der Waals surface area contributed by atoms with Crippen molar-refractivity contribution in [2.45, 2.75) is 13.1 Å². The average Bonchev–Trinajstić information content (AvgIpc) is 2.37. The molecule has 4 nitrogen and oxygen atoms in total. The largest absolute Gasteiger partial charge is 0.496 e. The van der Waals surface area contributed by atoms with E-state index in [0.717, 1.165) is 17.7 Å². The van der Waals surface area contributed by atoms with Crippen molar-refractivity contribution < 1.29 is 17.9 Å². The van der Waals surface area contributed by atoms with E-state index in [1.807, 2.05) is 6.92 Å². The minimum absolute atomic E-state index is 0.0342. The number of hydrogen-bond acceptors (Lipinski definition) is 4. The van der Waals surface area contributed by atoms with E-state index in [1.165, 1.54) is 0 Å². The number of nitrogen functional groups attached to an aromatic ring is 1. The lowest BCUT2D eigenvalue weighted by molar-refractivity contribution is -0.137. The third kappa shape index (κ3) is 3.56. The second-order valence-corrected chi connectivity index (χ2v) is 4.47. The van der Waals surface area contributed by atoms with Crippen molar-refractivity contribution >= 4 is 17.3 Å². The van der Waals surface area contributed by atoms with Gasteiger partial charge in [0.05, 0.1) is 12.7 Å². The number of aryl methyl sites for hydroxylation is 1. The highest BCUT2D eigenvalue weighted by Crippen LogP contribution is 2.32. The van der Waals surface area contributed by atoms with Crippen molar-refractivity contribution in [3.05, 3.63) is 41.5 Å². The Morgan fingerprint density at radius 2 is 1.90 bits per heavy atom. The van der Waals surface area contributed by atoms with Gasteiger partial charge in [-0.25, -0.2) is 4.98 Å². The Bertz CT molecular complexity index is 656. The first-order chi connectivity index (χ1) is 9.79. The van der Waals surface area contributed by atoms with Crippen LogP contribution in [-0.2, 0) is 6.18 Å². The Labute approximate surface area is 119 Å². The number of ether oxygens (including phenoxy) is 1. The molecule has 0 amide bonds. The van der Waals surface area contributed by atoms with Crippen molar-refractivity contribution in [1.82, 2.24) is 4.98 Å². The first kappa shape index (κ1) is 15.0. The molecule has 0 aliphatic rings. The predicted octanol–water partition coefficient (Wildman–Crippen LogP) is 3.74. The molecular formula is C14H14F3N3O. The van der Waals surface area contributed by atoms with Crippen molar-refractivity contribution in [2.75, 3.05) is 18.2 Å². The van der Waals surface area contributed by atoms with Crippen LogP contribution in [0.5, 0.6) is 5.75 Å². The summed E-state index contributed by atoms with van der Waals surface area (Å²) in [6.45, 7) is 1.83. The number of halogens is 3. The summed E-state index contributed by atoms with van der Waals surface area (Å²) in [4.78, 5) is 3.85. The van der Waals surface area contributed by atoms with E-state index >= 15 is 0 Å². The summed E-state index contributed by atoms with van der Waals surface area (Å²) in [6.07, 6.45) is -4.47. The molecule has 0 unspecified atom stereocenters. The second-order valence-electron chi connectivity index (χ2n) is 4.47. The average molecular weight is 297 g/mol. The van der Waals surface area contributed by atoms with E-state index in [0.29, 0.717) is 11.4 Å². The van der Waals surface area contributed by atoms with Gasteiger partial charge in [-0.1, -0.05) is 0 Å². The van der Waals surface area contributed by atoms with Crippen LogP contribution in [0.25, 0.3) is 0 Å². The zero-order valence-corrected chi connectivity index (χ0v) is 11.5. The molecule has 0 fully saturated rings. The fourth-order valence-corrected chi connectivity index (χ4v) is 1.88. The van der Waals surface area contributed by atoms with Crippen molar-refractivity contribution in [1.29, 1.82) is 0 Å². The summed E-state index contributed by atoms with van der Waals surface area (Å²) in [7, 11) is 1.55. The molecule has 0 atom stereocenters. The van der Waals surface area contributed by atoms with Crippen LogP contribution in [0.3, 0.4) is 0 Å². The molecule has 0 spiro atoms. The number of nitrogens with one attached hydrogen (secondary N) is 1.